The number of amides is 1. The van der Waals surface area contributed by atoms with E-state index >= 15 is 0 Å². The molecule has 0 radical (unpaired) electrons. The van der Waals surface area contributed by atoms with Crippen LogP contribution in [0.1, 0.15) is 11.3 Å². The maximum atomic E-state index is 11.8. The van der Waals surface area contributed by atoms with Crippen LogP contribution in [0.2, 0.25) is 4.34 Å². The molecule has 0 aliphatic rings. The summed E-state index contributed by atoms with van der Waals surface area (Å²) in [6, 6.07) is 7.55. The monoisotopic (exact) mass is 312 g/mol. The predicted octanol–water partition coefficient (Wildman–Crippen LogP) is 4.09. The Kier molecular flexibility index (Phi) is 5.24. The fourth-order valence-corrected chi connectivity index (χ4v) is 2.97. The lowest BCUT2D eigenvalue weighted by Gasteiger charge is -2.04. The van der Waals surface area contributed by atoms with Crippen molar-refractivity contribution < 1.29 is 4.79 Å². The molecule has 1 amide bonds. The number of halogens is 1. The van der Waals surface area contributed by atoms with Gasteiger partial charge in [-0.1, -0.05) is 11.6 Å². The van der Waals surface area contributed by atoms with Crippen LogP contribution in [-0.2, 0) is 11.2 Å². The molecule has 1 N–H and O–H groups in total. The summed E-state index contributed by atoms with van der Waals surface area (Å²) in [6.07, 6.45) is 4.79. The van der Waals surface area contributed by atoms with Gasteiger partial charge in [0.05, 0.1) is 21.2 Å². The van der Waals surface area contributed by atoms with Crippen LogP contribution >= 0.6 is 34.7 Å². The fraction of sp³-hybridized carbons (Fsp3) is 0.231. The van der Waals surface area contributed by atoms with E-state index in [4.69, 9.17) is 11.6 Å². The molecule has 0 atom stereocenters. The van der Waals surface area contributed by atoms with E-state index in [2.05, 4.69) is 10.3 Å². The van der Waals surface area contributed by atoms with Crippen molar-refractivity contribution in [3.8, 4) is 0 Å². The Morgan fingerprint density at radius 1 is 1.42 bits per heavy atom. The first-order chi connectivity index (χ1) is 9.17. The zero-order valence-corrected chi connectivity index (χ0v) is 12.7. The zero-order chi connectivity index (χ0) is 13.7. The highest BCUT2D eigenvalue weighted by molar-refractivity contribution is 7.98. The van der Waals surface area contributed by atoms with E-state index in [0.29, 0.717) is 12.8 Å². The topological polar surface area (TPSA) is 42.0 Å². The molecule has 0 saturated carbocycles. The second kappa shape index (κ2) is 6.93. The number of aromatic nitrogens is 1. The molecule has 19 heavy (non-hydrogen) atoms. The highest BCUT2D eigenvalue weighted by Gasteiger charge is 2.05. The van der Waals surface area contributed by atoms with Gasteiger partial charge in [-0.15, -0.1) is 23.1 Å². The summed E-state index contributed by atoms with van der Waals surface area (Å²) in [4.78, 5) is 17.1. The van der Waals surface area contributed by atoms with Crippen LogP contribution in [0.25, 0.3) is 0 Å². The molecular formula is C13H13ClN2OS2. The summed E-state index contributed by atoms with van der Waals surface area (Å²) in [5, 5.41) is 3.77. The van der Waals surface area contributed by atoms with E-state index in [1.54, 1.807) is 18.0 Å². The standard InChI is InChI=1S/C13H13ClN2OS2/c1-18-13-7-2-9(8-15-13)16-12(17)6-4-10-3-5-11(14)19-10/h2-3,5,7-8H,4,6H2,1H3,(H,16,17). The zero-order valence-electron chi connectivity index (χ0n) is 10.4. The lowest BCUT2D eigenvalue weighted by Crippen LogP contribution is -2.12. The molecule has 0 saturated heterocycles. The molecule has 0 bridgehead atoms. The summed E-state index contributed by atoms with van der Waals surface area (Å²) in [7, 11) is 0. The van der Waals surface area contributed by atoms with E-state index in [1.807, 2.05) is 30.5 Å². The number of thiophene rings is 1. The van der Waals surface area contributed by atoms with E-state index < -0.39 is 0 Å². The molecule has 0 spiro atoms. The van der Waals surface area contributed by atoms with Gasteiger partial charge in [0.15, 0.2) is 0 Å². The van der Waals surface area contributed by atoms with Crippen LogP contribution in [-0.4, -0.2) is 17.1 Å². The van der Waals surface area contributed by atoms with Crippen molar-refractivity contribution in [1.29, 1.82) is 0 Å². The van der Waals surface area contributed by atoms with Gasteiger partial charge < -0.3 is 5.32 Å². The number of nitrogens with one attached hydrogen (secondary N) is 1. The van der Waals surface area contributed by atoms with Gasteiger partial charge in [-0.2, -0.15) is 0 Å². The first kappa shape index (κ1) is 14.4. The molecule has 2 aromatic rings. The van der Waals surface area contributed by atoms with Gasteiger partial charge in [0.2, 0.25) is 5.91 Å². The average molecular weight is 313 g/mol. The van der Waals surface area contributed by atoms with Crippen LogP contribution in [0.15, 0.2) is 35.5 Å². The second-order valence-corrected chi connectivity index (χ2v) is 6.47. The first-order valence-electron chi connectivity index (χ1n) is 5.71. The van der Waals surface area contributed by atoms with E-state index in [0.717, 1.165) is 19.9 Å². The number of thioether (sulfide) groups is 1. The molecule has 100 valence electrons. The number of rotatable bonds is 5. The molecule has 6 heteroatoms. The van der Waals surface area contributed by atoms with Crippen LogP contribution in [0, 0.1) is 0 Å². The molecular weight excluding hydrogens is 300 g/mol. The molecule has 0 aliphatic carbocycles. The number of pyridine rings is 1. The molecule has 0 unspecified atom stereocenters. The number of carbonyl (C=O) groups is 1. The lowest BCUT2D eigenvalue weighted by atomic mass is 10.2. The Labute approximate surface area is 125 Å². The van der Waals surface area contributed by atoms with Gasteiger partial charge in [-0.25, -0.2) is 4.98 Å². The van der Waals surface area contributed by atoms with Crippen molar-refractivity contribution in [3.63, 3.8) is 0 Å². The normalized spacial score (nSPS) is 10.4. The number of carbonyl (C=O) groups excluding carboxylic acids is 1. The Balaban J connectivity index is 1.83. The van der Waals surface area contributed by atoms with E-state index in [-0.39, 0.29) is 5.91 Å². The third kappa shape index (κ3) is 4.53. The number of anilines is 1. The Bertz CT molecular complexity index is 554. The largest absolute Gasteiger partial charge is 0.325 e. The van der Waals surface area contributed by atoms with E-state index in [9.17, 15) is 4.79 Å². The minimum absolute atomic E-state index is 0.0109. The minimum Gasteiger partial charge on any atom is -0.325 e. The highest BCUT2D eigenvalue weighted by Crippen LogP contribution is 2.22. The summed E-state index contributed by atoms with van der Waals surface area (Å²) in [5.41, 5.74) is 0.729. The smallest absolute Gasteiger partial charge is 0.224 e. The van der Waals surface area contributed by atoms with Crippen LogP contribution in [0.4, 0.5) is 5.69 Å². The molecule has 2 rings (SSSR count). The van der Waals surface area contributed by atoms with Crippen molar-refractivity contribution in [2.75, 3.05) is 11.6 Å². The fourth-order valence-electron chi connectivity index (χ4n) is 1.52. The molecule has 3 nitrogen and oxygen atoms in total. The predicted molar refractivity (Wildman–Crippen MR) is 82.3 cm³/mol. The van der Waals surface area contributed by atoms with Gasteiger partial charge in [-0.05, 0) is 36.9 Å². The first-order valence-corrected chi connectivity index (χ1v) is 8.13. The minimum atomic E-state index is -0.0109. The average Bonchev–Trinajstić information content (AvgIpc) is 2.83. The molecule has 2 aromatic heterocycles. The van der Waals surface area contributed by atoms with Crippen molar-refractivity contribution in [3.05, 3.63) is 39.7 Å². The number of hydrogen-bond donors (Lipinski definition) is 1. The van der Waals surface area contributed by atoms with Crippen molar-refractivity contribution in [2.45, 2.75) is 17.9 Å². The quantitative estimate of drug-likeness (QED) is 0.846. The van der Waals surface area contributed by atoms with Gasteiger partial charge in [0.25, 0.3) is 0 Å². The van der Waals surface area contributed by atoms with Gasteiger partial charge >= 0.3 is 0 Å². The number of nitrogens with zero attached hydrogens (tertiary/aromatic N) is 1. The maximum absolute atomic E-state index is 11.8. The van der Waals surface area contributed by atoms with Crippen LogP contribution in [0.5, 0.6) is 0 Å². The molecule has 2 heterocycles. The van der Waals surface area contributed by atoms with Crippen LogP contribution in [0.3, 0.4) is 0 Å². The summed E-state index contributed by atoms with van der Waals surface area (Å²) in [5.74, 6) is -0.0109. The van der Waals surface area contributed by atoms with E-state index in [1.165, 1.54) is 11.3 Å². The number of aryl methyl sites for hydroxylation is 1. The molecule has 0 fully saturated rings. The Hall–Kier alpha value is -1.04. The lowest BCUT2D eigenvalue weighted by molar-refractivity contribution is -0.116. The highest BCUT2D eigenvalue weighted by atomic mass is 35.5. The molecule has 0 aliphatic heterocycles. The van der Waals surface area contributed by atoms with Crippen molar-refractivity contribution in [1.82, 2.24) is 4.98 Å². The summed E-state index contributed by atoms with van der Waals surface area (Å²) in [6.45, 7) is 0. The van der Waals surface area contributed by atoms with Gasteiger partial charge in [0, 0.05) is 11.3 Å². The molecule has 0 aromatic carbocycles. The Morgan fingerprint density at radius 3 is 2.84 bits per heavy atom. The SMILES string of the molecule is CSc1ccc(NC(=O)CCc2ccc(Cl)s2)cn1. The second-order valence-electron chi connectivity index (χ2n) is 3.84. The van der Waals surface area contributed by atoms with Crippen molar-refractivity contribution >= 4 is 46.3 Å². The van der Waals surface area contributed by atoms with Gasteiger partial charge in [0.1, 0.15) is 0 Å². The summed E-state index contributed by atoms with van der Waals surface area (Å²) < 4.78 is 0.757. The Morgan fingerprint density at radius 2 is 2.26 bits per heavy atom. The van der Waals surface area contributed by atoms with Crippen LogP contribution < -0.4 is 5.32 Å². The number of hydrogen-bond acceptors (Lipinski definition) is 4. The van der Waals surface area contributed by atoms with Crippen molar-refractivity contribution in [2.24, 2.45) is 0 Å². The summed E-state index contributed by atoms with van der Waals surface area (Å²) >= 11 is 8.92. The van der Waals surface area contributed by atoms with Gasteiger partial charge in [-0.3, -0.25) is 4.79 Å². The maximum Gasteiger partial charge on any atom is 0.224 e. The third-order valence-corrected chi connectivity index (χ3v) is 4.41. The third-order valence-electron chi connectivity index (χ3n) is 2.46.